The van der Waals surface area contributed by atoms with Crippen molar-refractivity contribution in [3.63, 3.8) is 0 Å². The van der Waals surface area contributed by atoms with Crippen LogP contribution in [0.25, 0.3) is 0 Å². The molecule has 6 heteroatoms. The first kappa shape index (κ1) is 12.2. The van der Waals surface area contributed by atoms with E-state index in [1.54, 1.807) is 18.2 Å². The number of rotatable bonds is 4. The fourth-order valence-corrected chi connectivity index (χ4v) is 1.74. The molecule has 1 aromatic rings. The van der Waals surface area contributed by atoms with Gasteiger partial charge in [0.15, 0.2) is 17.0 Å². The van der Waals surface area contributed by atoms with Gasteiger partial charge in [-0.2, -0.15) is 0 Å². The lowest BCUT2D eigenvalue weighted by Crippen LogP contribution is -2.46. The Hall–Kier alpha value is -2.24. The van der Waals surface area contributed by atoms with Crippen LogP contribution in [0.5, 0.6) is 11.5 Å². The third-order valence-electron chi connectivity index (χ3n) is 2.89. The summed E-state index contributed by atoms with van der Waals surface area (Å²) in [4.78, 5) is 21.8. The lowest BCUT2D eigenvalue weighted by Gasteiger charge is -2.26. The predicted octanol–water partition coefficient (Wildman–Crippen LogP) is 0.504. The summed E-state index contributed by atoms with van der Waals surface area (Å²) in [7, 11) is 0. The number of amides is 1. The van der Waals surface area contributed by atoms with Crippen LogP contribution in [0, 0.1) is 0 Å². The molecule has 0 bridgehead atoms. The minimum atomic E-state index is -1.49. The number of hydrogen-bond donors (Lipinski definition) is 2. The lowest BCUT2D eigenvalue weighted by molar-refractivity contribution is -0.145. The Morgan fingerprint density at radius 2 is 2.06 bits per heavy atom. The molecule has 1 aliphatic rings. The fraction of sp³-hybridized carbons (Fsp3) is 0.333. The van der Waals surface area contributed by atoms with Gasteiger partial charge < -0.3 is 19.9 Å². The molecule has 1 unspecified atom stereocenters. The average Bonchev–Trinajstić information content (AvgIpc) is 2.38. The van der Waals surface area contributed by atoms with E-state index in [1.165, 1.54) is 6.92 Å². The van der Waals surface area contributed by atoms with Crippen molar-refractivity contribution in [2.45, 2.75) is 12.5 Å². The normalized spacial score (nSPS) is 16.5. The Balaban J connectivity index is 2.42. The zero-order valence-electron chi connectivity index (χ0n) is 9.80. The minimum Gasteiger partial charge on any atom is -0.486 e. The van der Waals surface area contributed by atoms with E-state index in [0.717, 1.165) is 0 Å². The number of fused-ring (bicyclic) bond motifs is 1. The van der Waals surface area contributed by atoms with Crippen LogP contribution in [-0.2, 0) is 15.1 Å². The van der Waals surface area contributed by atoms with Crippen molar-refractivity contribution in [2.24, 2.45) is 0 Å². The first-order valence-electron chi connectivity index (χ1n) is 5.43. The number of aliphatic carboxylic acids is 1. The molecule has 0 fully saturated rings. The van der Waals surface area contributed by atoms with Crippen LogP contribution in [0.1, 0.15) is 12.5 Å². The molecule has 2 N–H and O–H groups in total. The van der Waals surface area contributed by atoms with Gasteiger partial charge in [0.1, 0.15) is 13.2 Å². The van der Waals surface area contributed by atoms with Crippen molar-refractivity contribution in [2.75, 3.05) is 13.2 Å². The minimum absolute atomic E-state index is 0.366. The summed E-state index contributed by atoms with van der Waals surface area (Å²) in [6.07, 6.45) is 0.366. The number of carbonyl (C=O) groups excluding carboxylic acids is 1. The van der Waals surface area contributed by atoms with E-state index in [4.69, 9.17) is 9.47 Å². The molecule has 18 heavy (non-hydrogen) atoms. The van der Waals surface area contributed by atoms with Gasteiger partial charge in [0.25, 0.3) is 0 Å². The van der Waals surface area contributed by atoms with Crippen molar-refractivity contribution >= 4 is 12.4 Å². The summed E-state index contributed by atoms with van der Waals surface area (Å²) < 4.78 is 10.7. The Morgan fingerprint density at radius 3 is 2.67 bits per heavy atom. The number of carboxylic acids is 1. The topological polar surface area (TPSA) is 84.9 Å². The molecular weight excluding hydrogens is 238 g/mol. The summed E-state index contributed by atoms with van der Waals surface area (Å²) >= 11 is 0. The molecule has 96 valence electrons. The Bertz CT molecular complexity index is 487. The number of hydrogen-bond acceptors (Lipinski definition) is 4. The molecule has 0 aromatic heterocycles. The van der Waals surface area contributed by atoms with E-state index in [0.29, 0.717) is 36.7 Å². The lowest BCUT2D eigenvalue weighted by atomic mass is 9.92. The maximum absolute atomic E-state index is 11.3. The summed E-state index contributed by atoms with van der Waals surface area (Å²) in [5, 5.41) is 11.5. The Labute approximate surface area is 104 Å². The van der Waals surface area contributed by atoms with Crippen LogP contribution in [0.2, 0.25) is 0 Å². The predicted molar refractivity (Wildman–Crippen MR) is 61.6 cm³/mol. The number of benzene rings is 1. The maximum atomic E-state index is 11.3. The van der Waals surface area contributed by atoms with Crippen LogP contribution in [0.3, 0.4) is 0 Å². The van der Waals surface area contributed by atoms with E-state index >= 15 is 0 Å². The number of nitrogens with one attached hydrogen (secondary N) is 1. The maximum Gasteiger partial charge on any atom is 0.333 e. The van der Waals surface area contributed by atoms with Gasteiger partial charge in [0.2, 0.25) is 6.41 Å². The molecule has 1 aliphatic heterocycles. The van der Waals surface area contributed by atoms with Crippen LogP contribution < -0.4 is 14.8 Å². The second-order valence-corrected chi connectivity index (χ2v) is 4.05. The first-order valence-corrected chi connectivity index (χ1v) is 5.43. The van der Waals surface area contributed by atoms with Crippen molar-refractivity contribution in [3.05, 3.63) is 23.8 Å². The third kappa shape index (κ3) is 1.97. The smallest absolute Gasteiger partial charge is 0.333 e. The summed E-state index contributed by atoms with van der Waals surface area (Å²) in [5.41, 5.74) is -1.07. The zero-order valence-corrected chi connectivity index (χ0v) is 9.80. The van der Waals surface area contributed by atoms with Gasteiger partial charge in [-0.1, -0.05) is 6.07 Å². The second kappa shape index (κ2) is 4.56. The van der Waals surface area contributed by atoms with Crippen molar-refractivity contribution in [1.82, 2.24) is 5.32 Å². The molecule has 0 saturated heterocycles. The van der Waals surface area contributed by atoms with Gasteiger partial charge in [-0.3, -0.25) is 4.79 Å². The van der Waals surface area contributed by atoms with E-state index in [-0.39, 0.29) is 0 Å². The van der Waals surface area contributed by atoms with Gasteiger partial charge in [0, 0.05) is 0 Å². The SMILES string of the molecule is CC(NC=O)(C(=O)O)c1ccc2c(c1)OCCO2. The van der Waals surface area contributed by atoms with E-state index in [1.807, 2.05) is 0 Å². The number of ether oxygens (including phenoxy) is 2. The van der Waals surface area contributed by atoms with Crippen LogP contribution in [0.15, 0.2) is 18.2 Å². The fourth-order valence-electron chi connectivity index (χ4n) is 1.74. The highest BCUT2D eigenvalue weighted by molar-refractivity contribution is 5.83. The standard InChI is InChI=1S/C12H13NO5/c1-12(11(15)16,13-7-14)8-2-3-9-10(6-8)18-5-4-17-9/h2-3,6-7H,4-5H2,1H3,(H,13,14)(H,15,16). The third-order valence-corrected chi connectivity index (χ3v) is 2.89. The van der Waals surface area contributed by atoms with Gasteiger partial charge in [-0.25, -0.2) is 4.79 Å². The van der Waals surface area contributed by atoms with Crippen LogP contribution >= 0.6 is 0 Å². The summed E-state index contributed by atoms with van der Waals surface area (Å²) in [6.45, 7) is 2.30. The van der Waals surface area contributed by atoms with E-state index in [2.05, 4.69) is 5.32 Å². The van der Waals surface area contributed by atoms with Crippen molar-refractivity contribution in [3.8, 4) is 11.5 Å². The molecule has 2 rings (SSSR count). The Morgan fingerprint density at radius 1 is 1.39 bits per heavy atom. The highest BCUT2D eigenvalue weighted by atomic mass is 16.6. The monoisotopic (exact) mass is 251 g/mol. The highest BCUT2D eigenvalue weighted by Crippen LogP contribution is 2.34. The molecule has 0 aliphatic carbocycles. The molecule has 6 nitrogen and oxygen atoms in total. The molecule has 1 heterocycles. The second-order valence-electron chi connectivity index (χ2n) is 4.05. The number of carboxylic acid groups (broad SMARTS) is 1. The van der Waals surface area contributed by atoms with Gasteiger partial charge >= 0.3 is 5.97 Å². The van der Waals surface area contributed by atoms with E-state index in [9.17, 15) is 14.7 Å². The summed E-state index contributed by atoms with van der Waals surface area (Å²) in [6, 6.07) is 4.80. The average molecular weight is 251 g/mol. The van der Waals surface area contributed by atoms with E-state index < -0.39 is 11.5 Å². The molecule has 1 aromatic carbocycles. The van der Waals surface area contributed by atoms with Gasteiger partial charge in [-0.15, -0.1) is 0 Å². The largest absolute Gasteiger partial charge is 0.486 e. The van der Waals surface area contributed by atoms with Gasteiger partial charge in [-0.05, 0) is 24.6 Å². The van der Waals surface area contributed by atoms with Crippen LogP contribution in [-0.4, -0.2) is 30.7 Å². The molecule has 1 atom stereocenters. The Kier molecular flexibility index (Phi) is 3.10. The zero-order chi connectivity index (χ0) is 13.2. The molecule has 0 radical (unpaired) electrons. The quantitative estimate of drug-likeness (QED) is 0.761. The molecule has 0 spiro atoms. The summed E-state index contributed by atoms with van der Waals surface area (Å²) in [5.74, 6) is -0.0888. The molecule has 1 amide bonds. The van der Waals surface area contributed by atoms with Crippen LogP contribution in [0.4, 0.5) is 0 Å². The highest BCUT2D eigenvalue weighted by Gasteiger charge is 2.35. The molecule has 0 saturated carbocycles. The van der Waals surface area contributed by atoms with Crippen molar-refractivity contribution in [1.29, 1.82) is 0 Å². The first-order chi connectivity index (χ1) is 8.58. The molecular formula is C12H13NO5. The van der Waals surface area contributed by atoms with Crippen molar-refractivity contribution < 1.29 is 24.2 Å². The van der Waals surface area contributed by atoms with Gasteiger partial charge in [0.05, 0.1) is 0 Å². The number of carbonyl (C=O) groups is 2.